The van der Waals surface area contributed by atoms with Crippen LogP contribution < -0.4 is 0 Å². The van der Waals surface area contributed by atoms with E-state index in [4.69, 9.17) is 25.8 Å². The fourth-order valence-electron chi connectivity index (χ4n) is 3.58. The van der Waals surface area contributed by atoms with Crippen molar-refractivity contribution >= 4 is 23.4 Å². The summed E-state index contributed by atoms with van der Waals surface area (Å²) in [6.45, 7) is 0.682. The number of halogens is 2. The maximum atomic E-state index is 15.5. The maximum absolute atomic E-state index is 15.5. The molecule has 4 nitrogen and oxygen atoms in total. The Labute approximate surface area is 202 Å². The van der Waals surface area contributed by atoms with E-state index >= 15 is 4.39 Å². The lowest BCUT2D eigenvalue weighted by Crippen LogP contribution is -2.57. The van der Waals surface area contributed by atoms with Crippen molar-refractivity contribution in [2.45, 2.75) is 48.0 Å². The Balaban J connectivity index is 1.44. The highest BCUT2D eigenvalue weighted by molar-refractivity contribution is 7.99. The lowest BCUT2D eigenvalue weighted by molar-refractivity contribution is -0.211. The van der Waals surface area contributed by atoms with Crippen LogP contribution in [0, 0.1) is 0 Å². The Kier molecular flexibility index (Phi) is 8.78. The molecule has 1 aliphatic heterocycles. The molecule has 3 aromatic carbocycles. The molecule has 0 amide bonds. The number of hydrogen-bond donors (Lipinski definition) is 1. The van der Waals surface area contributed by atoms with Crippen LogP contribution in [0.2, 0.25) is 5.02 Å². The van der Waals surface area contributed by atoms with Crippen molar-refractivity contribution in [1.82, 2.24) is 0 Å². The number of benzene rings is 3. The highest BCUT2D eigenvalue weighted by atomic mass is 35.5. The minimum Gasteiger partial charge on any atom is -0.387 e. The van der Waals surface area contributed by atoms with Crippen molar-refractivity contribution in [1.29, 1.82) is 0 Å². The third-order valence-corrected chi connectivity index (χ3v) is 6.74. The topological polar surface area (TPSA) is 47.9 Å². The van der Waals surface area contributed by atoms with Crippen molar-refractivity contribution in [2.75, 3.05) is 6.61 Å². The van der Waals surface area contributed by atoms with E-state index in [0.29, 0.717) is 11.6 Å². The normalized spacial score (nSPS) is 25.1. The number of aliphatic hydroxyl groups excluding tert-OH is 1. The fourth-order valence-corrected chi connectivity index (χ4v) is 4.76. The lowest BCUT2D eigenvalue weighted by Gasteiger charge is -2.41. The first-order valence-corrected chi connectivity index (χ1v) is 12.0. The monoisotopic (exact) mass is 488 g/mol. The largest absolute Gasteiger partial charge is 0.387 e. The van der Waals surface area contributed by atoms with E-state index in [0.717, 1.165) is 16.0 Å². The van der Waals surface area contributed by atoms with Gasteiger partial charge >= 0.3 is 0 Å². The molecule has 0 unspecified atom stereocenters. The highest BCUT2D eigenvalue weighted by Crippen LogP contribution is 2.37. The van der Waals surface area contributed by atoms with Gasteiger partial charge in [0.15, 0.2) is 6.17 Å². The first-order valence-electron chi connectivity index (χ1n) is 10.8. The van der Waals surface area contributed by atoms with Gasteiger partial charge in [-0.3, -0.25) is 0 Å². The van der Waals surface area contributed by atoms with Gasteiger partial charge in [-0.2, -0.15) is 0 Å². The Hall–Kier alpha value is -1.93. The Bertz CT molecular complexity index is 977. The smallest absolute Gasteiger partial charge is 0.164 e. The molecule has 1 heterocycles. The molecule has 174 valence electrons. The molecule has 0 radical (unpaired) electrons. The van der Waals surface area contributed by atoms with Crippen LogP contribution in [0.5, 0.6) is 0 Å². The van der Waals surface area contributed by atoms with Gasteiger partial charge < -0.3 is 19.3 Å². The van der Waals surface area contributed by atoms with E-state index in [-0.39, 0.29) is 13.2 Å². The van der Waals surface area contributed by atoms with Crippen LogP contribution in [-0.2, 0) is 27.4 Å². The molecule has 1 saturated heterocycles. The molecule has 1 aliphatic rings. The number of hydrogen-bond acceptors (Lipinski definition) is 5. The van der Waals surface area contributed by atoms with Crippen LogP contribution in [-0.4, -0.2) is 41.6 Å². The van der Waals surface area contributed by atoms with E-state index in [9.17, 15) is 5.11 Å². The first kappa shape index (κ1) is 24.2. The molecule has 33 heavy (non-hydrogen) atoms. The predicted octanol–water partition coefficient (Wildman–Crippen LogP) is 5.66. The van der Waals surface area contributed by atoms with Gasteiger partial charge in [0.2, 0.25) is 0 Å². The summed E-state index contributed by atoms with van der Waals surface area (Å²) in [7, 11) is 0. The molecule has 1 fully saturated rings. The maximum Gasteiger partial charge on any atom is 0.164 e. The molecule has 0 aromatic heterocycles. The second kappa shape index (κ2) is 12.0. The molecular formula is C26H26ClFO4S. The Morgan fingerprint density at radius 3 is 2.12 bits per heavy atom. The third-order valence-electron chi connectivity index (χ3n) is 5.35. The summed E-state index contributed by atoms with van der Waals surface area (Å²) in [6, 6.07) is 26.4. The summed E-state index contributed by atoms with van der Waals surface area (Å²) < 4.78 is 33.1. The van der Waals surface area contributed by atoms with Crippen LogP contribution in [0.3, 0.4) is 0 Å². The van der Waals surface area contributed by atoms with Crippen LogP contribution >= 0.6 is 23.4 Å². The molecule has 1 N–H and O–H groups in total. The SMILES string of the molecule is O[C@H]1[C@H](OCc2ccccc2)[C@@H](F)[C@H](Sc2ccc(Cl)cc2)O[C@@H]1COCc1ccccc1. The quantitative estimate of drug-likeness (QED) is 0.421. The van der Waals surface area contributed by atoms with E-state index in [1.165, 1.54) is 11.8 Å². The van der Waals surface area contributed by atoms with E-state index in [1.54, 1.807) is 12.1 Å². The summed E-state index contributed by atoms with van der Waals surface area (Å²) in [4.78, 5) is 0.814. The van der Waals surface area contributed by atoms with Crippen LogP contribution in [0.15, 0.2) is 89.8 Å². The number of aliphatic hydroxyl groups is 1. The van der Waals surface area contributed by atoms with Gasteiger partial charge in [-0.25, -0.2) is 4.39 Å². The fraction of sp³-hybridized carbons (Fsp3) is 0.308. The van der Waals surface area contributed by atoms with Gasteiger partial charge in [-0.15, -0.1) is 0 Å². The van der Waals surface area contributed by atoms with Gasteiger partial charge in [0.25, 0.3) is 0 Å². The second-order valence-electron chi connectivity index (χ2n) is 7.81. The van der Waals surface area contributed by atoms with Gasteiger partial charge in [0, 0.05) is 9.92 Å². The zero-order valence-electron chi connectivity index (χ0n) is 17.9. The van der Waals surface area contributed by atoms with Crippen LogP contribution in [0.4, 0.5) is 4.39 Å². The number of alkyl halides is 1. The van der Waals surface area contributed by atoms with Crippen LogP contribution in [0.1, 0.15) is 11.1 Å². The Morgan fingerprint density at radius 2 is 1.48 bits per heavy atom. The average Bonchev–Trinajstić information content (AvgIpc) is 2.84. The molecule has 7 heteroatoms. The third kappa shape index (κ3) is 6.79. The summed E-state index contributed by atoms with van der Waals surface area (Å²) in [5, 5.41) is 11.5. The summed E-state index contributed by atoms with van der Waals surface area (Å²) in [5.74, 6) is 0. The molecule has 0 aliphatic carbocycles. The lowest BCUT2D eigenvalue weighted by atomic mass is 10.0. The summed E-state index contributed by atoms with van der Waals surface area (Å²) in [6.07, 6.45) is -4.48. The molecule has 5 atom stereocenters. The van der Waals surface area contributed by atoms with Gasteiger partial charge in [0.05, 0.1) is 19.8 Å². The van der Waals surface area contributed by atoms with E-state index in [2.05, 4.69) is 0 Å². The molecule has 0 bridgehead atoms. The van der Waals surface area contributed by atoms with Crippen LogP contribution in [0.25, 0.3) is 0 Å². The summed E-state index contributed by atoms with van der Waals surface area (Å²) in [5.41, 5.74) is 1.05. The van der Waals surface area contributed by atoms with E-state index in [1.807, 2.05) is 72.8 Å². The zero-order valence-corrected chi connectivity index (χ0v) is 19.5. The average molecular weight is 489 g/mol. The van der Waals surface area contributed by atoms with Crippen molar-refractivity contribution in [3.8, 4) is 0 Å². The molecule has 0 saturated carbocycles. The van der Waals surface area contributed by atoms with E-state index < -0.39 is 29.9 Å². The van der Waals surface area contributed by atoms with Gasteiger partial charge in [-0.05, 0) is 35.4 Å². The number of ether oxygens (including phenoxy) is 3. The first-order chi connectivity index (χ1) is 16.1. The molecular weight excluding hydrogens is 463 g/mol. The minimum absolute atomic E-state index is 0.117. The van der Waals surface area contributed by atoms with Crippen molar-refractivity contribution < 1.29 is 23.7 Å². The molecule has 4 rings (SSSR count). The highest BCUT2D eigenvalue weighted by Gasteiger charge is 2.47. The van der Waals surface area contributed by atoms with Crippen molar-refractivity contribution in [3.63, 3.8) is 0 Å². The standard InChI is InChI=1S/C26H26ClFO4S/c27-20-11-13-21(14-12-20)33-26-23(28)25(31-16-19-9-5-2-6-10-19)24(29)22(32-26)17-30-15-18-7-3-1-4-8-18/h1-14,22-26,29H,15-17H2/t22-,23-,24-,25-,26+/m1/s1. The second-order valence-corrected chi connectivity index (χ2v) is 9.42. The molecule has 0 spiro atoms. The van der Waals surface area contributed by atoms with Crippen molar-refractivity contribution in [2.24, 2.45) is 0 Å². The number of thioether (sulfide) groups is 1. The number of rotatable bonds is 9. The minimum atomic E-state index is -1.53. The molecule has 3 aromatic rings. The Morgan fingerprint density at radius 1 is 0.879 bits per heavy atom. The van der Waals surface area contributed by atoms with Gasteiger partial charge in [0.1, 0.15) is 23.7 Å². The van der Waals surface area contributed by atoms with Gasteiger partial charge in [-0.1, -0.05) is 84.0 Å². The van der Waals surface area contributed by atoms with Crippen molar-refractivity contribution in [3.05, 3.63) is 101 Å². The predicted molar refractivity (Wildman–Crippen MR) is 128 cm³/mol. The zero-order chi connectivity index (χ0) is 23.0. The summed E-state index contributed by atoms with van der Waals surface area (Å²) >= 11 is 7.21.